The first-order valence-electron chi connectivity index (χ1n) is 12.5. The topological polar surface area (TPSA) is 113 Å². The average molecular weight is 526 g/mol. The monoisotopic (exact) mass is 525 g/mol. The minimum Gasteiger partial charge on any atom is -0.472 e. The minimum absolute atomic E-state index is 0.00732. The molecule has 0 bridgehead atoms. The lowest BCUT2D eigenvalue weighted by Gasteiger charge is -2.28. The van der Waals surface area contributed by atoms with E-state index in [-0.39, 0.29) is 41.2 Å². The van der Waals surface area contributed by atoms with E-state index in [1.807, 2.05) is 0 Å². The van der Waals surface area contributed by atoms with Gasteiger partial charge in [0.05, 0.1) is 5.92 Å². The van der Waals surface area contributed by atoms with Gasteiger partial charge in [-0.1, -0.05) is 41.7 Å². The fourth-order valence-corrected chi connectivity index (χ4v) is 4.88. The van der Waals surface area contributed by atoms with Crippen LogP contribution in [0.15, 0.2) is 24.3 Å². The van der Waals surface area contributed by atoms with Crippen molar-refractivity contribution in [2.75, 3.05) is 0 Å². The number of aromatic nitrogens is 3. The number of halogens is 3. The van der Waals surface area contributed by atoms with Crippen molar-refractivity contribution >= 4 is 11.9 Å². The van der Waals surface area contributed by atoms with Crippen LogP contribution in [0.2, 0.25) is 0 Å². The van der Waals surface area contributed by atoms with E-state index in [0.717, 1.165) is 50.5 Å². The molecule has 2 aromatic rings. The van der Waals surface area contributed by atoms with E-state index >= 15 is 0 Å². The Labute approximate surface area is 212 Å². The number of rotatable bonds is 8. The van der Waals surface area contributed by atoms with Gasteiger partial charge >= 0.3 is 18.3 Å². The number of benzene rings is 1. The molecule has 2 saturated carbocycles. The maximum Gasteiger partial charge on any atom is 0.573 e. The van der Waals surface area contributed by atoms with Gasteiger partial charge in [0, 0.05) is 6.92 Å². The first-order chi connectivity index (χ1) is 17.7. The van der Waals surface area contributed by atoms with Gasteiger partial charge in [-0.05, 0) is 62.1 Å². The Balaban J connectivity index is 1.25. The summed E-state index contributed by atoms with van der Waals surface area (Å²) in [7, 11) is 0. The molecule has 0 radical (unpaired) electrons. The first-order valence-corrected chi connectivity index (χ1v) is 12.5. The van der Waals surface area contributed by atoms with E-state index in [1.54, 1.807) is 12.1 Å². The zero-order valence-electron chi connectivity index (χ0n) is 20.5. The lowest BCUT2D eigenvalue weighted by molar-refractivity contribution is -0.274. The maximum absolute atomic E-state index is 12.6. The molecule has 0 amide bonds. The average Bonchev–Trinajstić information content (AvgIpc) is 3.33. The first kappa shape index (κ1) is 26.7. The standard InChI is InChI=1S/C25H30F3N3O6/c1-15(34-23(32)18-5-3-2-4-6-18)35-24(33)21-22(30-31-29-21)36-19-11-7-16(8-12-19)17-9-13-20(14-10-17)37-25(26,27)28/h9-10,13-16,18-19H,2-8,11-12H2,1H3,(H,29,30,31)/t15?,16-,19-. The number of carbonyl (C=O) groups is 2. The molecule has 0 spiro atoms. The number of nitrogens with one attached hydrogen (secondary N) is 1. The summed E-state index contributed by atoms with van der Waals surface area (Å²) in [5.41, 5.74) is 0.860. The highest BCUT2D eigenvalue weighted by molar-refractivity contribution is 5.89. The van der Waals surface area contributed by atoms with Gasteiger partial charge in [-0.25, -0.2) is 9.89 Å². The van der Waals surface area contributed by atoms with Crippen LogP contribution >= 0.6 is 0 Å². The van der Waals surface area contributed by atoms with E-state index in [0.29, 0.717) is 12.8 Å². The van der Waals surface area contributed by atoms with Crippen LogP contribution in [0.1, 0.15) is 86.7 Å². The number of H-pyrrole nitrogens is 1. The lowest BCUT2D eigenvalue weighted by Crippen LogP contribution is -2.28. The van der Waals surface area contributed by atoms with Crippen LogP contribution in [0.3, 0.4) is 0 Å². The fraction of sp³-hybridized carbons (Fsp3) is 0.600. The number of hydrogen-bond acceptors (Lipinski definition) is 8. The van der Waals surface area contributed by atoms with Gasteiger partial charge < -0.3 is 18.9 Å². The zero-order chi connectivity index (χ0) is 26.4. The Bertz CT molecular complexity index is 1040. The molecule has 1 aromatic heterocycles. The van der Waals surface area contributed by atoms with Gasteiger partial charge in [-0.3, -0.25) is 4.79 Å². The second kappa shape index (κ2) is 11.8. The normalized spacial score (nSPS) is 21.6. The number of nitrogens with zero attached hydrogens (tertiary/aromatic N) is 2. The number of esters is 2. The molecule has 0 aliphatic heterocycles. The third-order valence-corrected chi connectivity index (χ3v) is 6.75. The predicted octanol–water partition coefficient (Wildman–Crippen LogP) is 5.43. The van der Waals surface area contributed by atoms with Crippen molar-refractivity contribution in [3.63, 3.8) is 0 Å². The second-order valence-corrected chi connectivity index (χ2v) is 9.45. The van der Waals surface area contributed by atoms with Gasteiger partial charge in [0.15, 0.2) is 0 Å². The Morgan fingerprint density at radius 1 is 0.973 bits per heavy atom. The molecule has 1 heterocycles. The Kier molecular flexibility index (Phi) is 8.55. The Morgan fingerprint density at radius 3 is 2.30 bits per heavy atom. The number of carbonyl (C=O) groups excluding carboxylic acids is 2. The third-order valence-electron chi connectivity index (χ3n) is 6.75. The van der Waals surface area contributed by atoms with Crippen molar-refractivity contribution in [2.45, 2.75) is 89.4 Å². The highest BCUT2D eigenvalue weighted by Gasteiger charge is 2.32. The largest absolute Gasteiger partial charge is 0.573 e. The van der Waals surface area contributed by atoms with E-state index in [2.05, 4.69) is 20.1 Å². The van der Waals surface area contributed by atoms with Gasteiger partial charge in [0.1, 0.15) is 11.9 Å². The highest BCUT2D eigenvalue weighted by atomic mass is 19.4. The molecule has 2 aliphatic carbocycles. The molecule has 2 fully saturated rings. The van der Waals surface area contributed by atoms with E-state index in [4.69, 9.17) is 14.2 Å². The van der Waals surface area contributed by atoms with Gasteiger partial charge in [-0.15, -0.1) is 13.2 Å². The van der Waals surface area contributed by atoms with E-state index in [9.17, 15) is 22.8 Å². The lowest BCUT2D eigenvalue weighted by atomic mass is 9.83. The second-order valence-electron chi connectivity index (χ2n) is 9.45. The summed E-state index contributed by atoms with van der Waals surface area (Å²) in [6.45, 7) is 1.48. The van der Waals surface area contributed by atoms with Crippen molar-refractivity contribution in [1.29, 1.82) is 0 Å². The zero-order valence-corrected chi connectivity index (χ0v) is 20.5. The maximum atomic E-state index is 12.6. The molecule has 1 atom stereocenters. The molecule has 1 N–H and O–H groups in total. The van der Waals surface area contributed by atoms with Crippen LogP contribution in [0.5, 0.6) is 11.6 Å². The molecule has 2 aliphatic rings. The summed E-state index contributed by atoms with van der Waals surface area (Å²) in [4.78, 5) is 24.9. The Morgan fingerprint density at radius 2 is 1.65 bits per heavy atom. The van der Waals surface area contributed by atoms with Crippen LogP contribution < -0.4 is 9.47 Å². The minimum atomic E-state index is -4.72. The number of aromatic amines is 1. The number of hydrogen-bond donors (Lipinski definition) is 1. The smallest absolute Gasteiger partial charge is 0.472 e. The van der Waals surface area contributed by atoms with Crippen molar-refractivity contribution in [3.8, 4) is 11.6 Å². The molecule has 12 heteroatoms. The summed E-state index contributed by atoms with van der Waals surface area (Å²) in [5.74, 6) is -1.40. The van der Waals surface area contributed by atoms with E-state index in [1.165, 1.54) is 19.1 Å². The molecule has 202 valence electrons. The highest BCUT2D eigenvalue weighted by Crippen LogP contribution is 2.36. The number of alkyl halides is 3. The molecule has 9 nitrogen and oxygen atoms in total. The van der Waals surface area contributed by atoms with Crippen LogP contribution in [0.25, 0.3) is 0 Å². The van der Waals surface area contributed by atoms with Crippen LogP contribution in [0, 0.1) is 5.92 Å². The van der Waals surface area contributed by atoms with Crippen LogP contribution in [-0.2, 0) is 14.3 Å². The molecule has 1 unspecified atom stereocenters. The molecular weight excluding hydrogens is 495 g/mol. The van der Waals surface area contributed by atoms with Crippen molar-refractivity contribution in [2.24, 2.45) is 5.92 Å². The quantitative estimate of drug-likeness (QED) is 0.358. The number of ether oxygens (including phenoxy) is 4. The third kappa shape index (κ3) is 7.59. The summed E-state index contributed by atoms with van der Waals surface area (Å²) < 4.78 is 57.4. The van der Waals surface area contributed by atoms with Crippen molar-refractivity contribution < 1.29 is 41.7 Å². The molecule has 0 saturated heterocycles. The van der Waals surface area contributed by atoms with Crippen molar-refractivity contribution in [3.05, 3.63) is 35.5 Å². The van der Waals surface area contributed by atoms with Crippen LogP contribution in [0.4, 0.5) is 13.2 Å². The predicted molar refractivity (Wildman–Crippen MR) is 123 cm³/mol. The fourth-order valence-electron chi connectivity index (χ4n) is 4.88. The molecule has 1 aromatic carbocycles. The van der Waals surface area contributed by atoms with Crippen molar-refractivity contribution in [1.82, 2.24) is 15.4 Å². The summed E-state index contributed by atoms with van der Waals surface area (Å²) in [6.07, 6.45) is 1.43. The van der Waals surface area contributed by atoms with Gasteiger partial charge in [0.2, 0.25) is 12.0 Å². The molecular formula is C25H30F3N3O6. The Hall–Kier alpha value is -3.31. The summed E-state index contributed by atoms with van der Waals surface area (Å²) in [6, 6.07) is 5.90. The van der Waals surface area contributed by atoms with Gasteiger partial charge in [0.25, 0.3) is 5.88 Å². The SMILES string of the molecule is CC(OC(=O)c1[nH]nnc1O[C@H]1CC[C@H](c2ccc(OC(F)(F)F)cc2)CC1)OC(=O)C1CCCCC1. The summed E-state index contributed by atoms with van der Waals surface area (Å²) >= 11 is 0. The molecule has 37 heavy (non-hydrogen) atoms. The molecule has 4 rings (SSSR count). The van der Waals surface area contributed by atoms with Crippen LogP contribution in [-0.4, -0.2) is 46.1 Å². The van der Waals surface area contributed by atoms with E-state index < -0.39 is 18.6 Å². The summed E-state index contributed by atoms with van der Waals surface area (Å²) in [5, 5.41) is 9.97. The van der Waals surface area contributed by atoms with Gasteiger partial charge in [-0.2, -0.15) is 0 Å².